The lowest BCUT2D eigenvalue weighted by Crippen LogP contribution is -2.41. The molecule has 1 N–H and O–H groups in total. The highest BCUT2D eigenvalue weighted by Crippen LogP contribution is 2.30. The monoisotopic (exact) mass is 400 g/mol. The number of likely N-dealkylation sites (tertiary alicyclic amines) is 1. The topological polar surface area (TPSA) is 58.1 Å². The maximum Gasteiger partial charge on any atom is 0.224 e. The van der Waals surface area contributed by atoms with Gasteiger partial charge in [-0.05, 0) is 67.2 Å². The predicted molar refractivity (Wildman–Crippen MR) is 118 cm³/mol. The molecule has 1 amide bonds. The fourth-order valence-electron chi connectivity index (χ4n) is 4.19. The fraction of sp³-hybridized carbons (Fsp3) is 0.320. The molecule has 2 aromatic heterocycles. The third-order valence-corrected chi connectivity index (χ3v) is 5.79. The lowest BCUT2D eigenvalue weighted by molar-refractivity contribution is -0.121. The summed E-state index contributed by atoms with van der Waals surface area (Å²) in [7, 11) is 0. The van der Waals surface area contributed by atoms with Gasteiger partial charge in [-0.15, -0.1) is 0 Å². The number of nitrogens with one attached hydrogen (secondary N) is 1. The summed E-state index contributed by atoms with van der Waals surface area (Å²) in [5.41, 5.74) is 3.27. The molecule has 5 nitrogen and oxygen atoms in total. The Hall–Kier alpha value is -3.05. The van der Waals surface area contributed by atoms with Crippen LogP contribution in [0.3, 0.4) is 0 Å². The average Bonchev–Trinajstić information content (AvgIpc) is 2.80. The zero-order valence-electron chi connectivity index (χ0n) is 17.2. The molecule has 5 heteroatoms. The van der Waals surface area contributed by atoms with E-state index < -0.39 is 0 Å². The van der Waals surface area contributed by atoms with E-state index in [1.807, 2.05) is 67.1 Å². The molecule has 0 saturated carbocycles. The number of hydrogen-bond acceptors (Lipinski definition) is 4. The smallest absolute Gasteiger partial charge is 0.224 e. The minimum absolute atomic E-state index is 0.0505. The Labute approximate surface area is 178 Å². The second-order valence-corrected chi connectivity index (χ2v) is 7.93. The Morgan fingerprint density at radius 1 is 0.933 bits per heavy atom. The standard InChI is InChI=1S/C25H28N4O/c30-24(18-20-6-2-1-3-7-20)28-25(23-8-4-5-13-27-23)22-11-16-29(17-12-22)19-21-9-14-26-15-10-21/h1-10,13-15,22,25H,11-12,16-19H2,(H,28,30)/t25-/m0/s1. The summed E-state index contributed by atoms with van der Waals surface area (Å²) in [5, 5.41) is 3.29. The van der Waals surface area contributed by atoms with Gasteiger partial charge < -0.3 is 5.32 Å². The first kappa shape index (κ1) is 20.2. The zero-order chi connectivity index (χ0) is 20.6. The molecule has 0 radical (unpaired) electrons. The van der Waals surface area contributed by atoms with Crippen molar-refractivity contribution in [3.63, 3.8) is 0 Å². The van der Waals surface area contributed by atoms with Gasteiger partial charge in [-0.1, -0.05) is 36.4 Å². The normalized spacial score (nSPS) is 16.1. The first-order chi connectivity index (χ1) is 14.8. The molecule has 1 fully saturated rings. The number of carbonyl (C=O) groups excluding carboxylic acids is 1. The SMILES string of the molecule is O=C(Cc1ccccc1)N[C@H](c1ccccn1)C1CCN(Cc2ccncc2)CC1. The minimum Gasteiger partial charge on any atom is -0.347 e. The molecule has 1 saturated heterocycles. The van der Waals surface area contributed by atoms with Gasteiger partial charge in [-0.25, -0.2) is 0 Å². The van der Waals surface area contributed by atoms with Gasteiger partial charge >= 0.3 is 0 Å². The van der Waals surface area contributed by atoms with E-state index in [-0.39, 0.29) is 11.9 Å². The molecule has 30 heavy (non-hydrogen) atoms. The molecular formula is C25H28N4O. The van der Waals surface area contributed by atoms with Crippen molar-refractivity contribution in [3.05, 3.63) is 96.1 Å². The molecule has 3 heterocycles. The molecule has 1 atom stereocenters. The number of aromatic nitrogens is 2. The molecule has 154 valence electrons. The quantitative estimate of drug-likeness (QED) is 0.656. The highest BCUT2D eigenvalue weighted by Gasteiger charge is 2.29. The number of amides is 1. The maximum absolute atomic E-state index is 12.8. The van der Waals surface area contributed by atoms with Gasteiger partial charge in [0.15, 0.2) is 0 Å². The summed E-state index contributed by atoms with van der Waals surface area (Å²) in [5.74, 6) is 0.435. The second kappa shape index (κ2) is 10.1. The van der Waals surface area contributed by atoms with Crippen LogP contribution < -0.4 is 5.32 Å². The number of pyridine rings is 2. The zero-order valence-corrected chi connectivity index (χ0v) is 17.2. The lowest BCUT2D eigenvalue weighted by Gasteiger charge is -2.36. The van der Waals surface area contributed by atoms with E-state index in [0.717, 1.165) is 43.7 Å². The van der Waals surface area contributed by atoms with Gasteiger partial charge in [0.1, 0.15) is 0 Å². The number of carbonyl (C=O) groups is 1. The van der Waals surface area contributed by atoms with Crippen molar-refractivity contribution < 1.29 is 4.79 Å². The number of benzene rings is 1. The first-order valence-electron chi connectivity index (χ1n) is 10.6. The van der Waals surface area contributed by atoms with Crippen molar-refractivity contribution in [1.82, 2.24) is 20.2 Å². The second-order valence-electron chi connectivity index (χ2n) is 7.93. The molecule has 0 unspecified atom stereocenters. The van der Waals surface area contributed by atoms with E-state index >= 15 is 0 Å². The average molecular weight is 401 g/mol. The number of nitrogens with zero attached hydrogens (tertiary/aromatic N) is 3. The van der Waals surface area contributed by atoms with E-state index in [0.29, 0.717) is 12.3 Å². The molecule has 1 aliphatic rings. The molecular weight excluding hydrogens is 372 g/mol. The summed E-state index contributed by atoms with van der Waals surface area (Å²) in [4.78, 5) is 23.9. The van der Waals surface area contributed by atoms with Crippen LogP contribution in [0.25, 0.3) is 0 Å². The van der Waals surface area contributed by atoms with E-state index in [2.05, 4.69) is 32.3 Å². The Morgan fingerprint density at radius 3 is 2.37 bits per heavy atom. The molecule has 1 aliphatic heterocycles. The molecule has 4 rings (SSSR count). The van der Waals surface area contributed by atoms with Gasteiger partial charge in [-0.3, -0.25) is 19.7 Å². The van der Waals surface area contributed by atoms with Gasteiger partial charge in [0, 0.05) is 25.1 Å². The van der Waals surface area contributed by atoms with E-state index in [1.165, 1.54) is 5.56 Å². The van der Waals surface area contributed by atoms with Gasteiger partial charge in [0.25, 0.3) is 0 Å². The fourth-order valence-corrected chi connectivity index (χ4v) is 4.19. The van der Waals surface area contributed by atoms with Gasteiger partial charge in [-0.2, -0.15) is 0 Å². The van der Waals surface area contributed by atoms with E-state index in [4.69, 9.17) is 0 Å². The third-order valence-electron chi connectivity index (χ3n) is 5.79. The summed E-state index contributed by atoms with van der Waals surface area (Å²) < 4.78 is 0. The Balaban J connectivity index is 1.40. The molecule has 0 spiro atoms. The van der Waals surface area contributed by atoms with Crippen molar-refractivity contribution in [2.45, 2.75) is 31.8 Å². The van der Waals surface area contributed by atoms with Crippen LogP contribution in [0.2, 0.25) is 0 Å². The lowest BCUT2D eigenvalue weighted by atomic mass is 9.87. The number of rotatable bonds is 7. The van der Waals surface area contributed by atoms with Crippen LogP contribution in [0.1, 0.15) is 35.7 Å². The maximum atomic E-state index is 12.8. The minimum atomic E-state index is -0.0505. The van der Waals surface area contributed by atoms with Crippen LogP contribution in [0.5, 0.6) is 0 Å². The summed E-state index contributed by atoms with van der Waals surface area (Å²) in [6.45, 7) is 2.99. The summed E-state index contributed by atoms with van der Waals surface area (Å²) in [6.07, 6.45) is 7.98. The number of piperidine rings is 1. The summed E-state index contributed by atoms with van der Waals surface area (Å²) >= 11 is 0. The van der Waals surface area contributed by atoms with Crippen LogP contribution in [0, 0.1) is 5.92 Å². The largest absolute Gasteiger partial charge is 0.347 e. The van der Waals surface area contributed by atoms with Crippen LogP contribution >= 0.6 is 0 Å². The van der Waals surface area contributed by atoms with E-state index in [1.54, 1.807) is 0 Å². The Morgan fingerprint density at radius 2 is 1.67 bits per heavy atom. The van der Waals surface area contributed by atoms with Crippen molar-refractivity contribution in [2.75, 3.05) is 13.1 Å². The third kappa shape index (κ3) is 5.51. The van der Waals surface area contributed by atoms with Gasteiger partial charge in [0.05, 0.1) is 18.2 Å². The Bertz CT molecular complexity index is 910. The Kier molecular flexibility index (Phi) is 6.83. The summed E-state index contributed by atoms with van der Waals surface area (Å²) in [6, 6.07) is 19.9. The van der Waals surface area contributed by atoms with Crippen LogP contribution in [-0.4, -0.2) is 33.9 Å². The van der Waals surface area contributed by atoms with Crippen molar-refractivity contribution >= 4 is 5.91 Å². The van der Waals surface area contributed by atoms with Gasteiger partial charge in [0.2, 0.25) is 5.91 Å². The van der Waals surface area contributed by atoms with Crippen LogP contribution in [-0.2, 0) is 17.8 Å². The number of hydrogen-bond donors (Lipinski definition) is 1. The van der Waals surface area contributed by atoms with Crippen molar-refractivity contribution in [3.8, 4) is 0 Å². The highest BCUT2D eigenvalue weighted by molar-refractivity contribution is 5.79. The van der Waals surface area contributed by atoms with Crippen LogP contribution in [0.4, 0.5) is 0 Å². The van der Waals surface area contributed by atoms with E-state index in [9.17, 15) is 4.79 Å². The van der Waals surface area contributed by atoms with Crippen molar-refractivity contribution in [2.24, 2.45) is 5.92 Å². The highest BCUT2D eigenvalue weighted by atomic mass is 16.1. The molecule has 1 aromatic carbocycles. The predicted octanol–water partition coefficient (Wildman–Crippen LogP) is 3.79. The molecule has 3 aromatic rings. The van der Waals surface area contributed by atoms with Crippen molar-refractivity contribution in [1.29, 1.82) is 0 Å². The first-order valence-corrected chi connectivity index (χ1v) is 10.6. The molecule has 0 bridgehead atoms. The molecule has 0 aliphatic carbocycles. The van der Waals surface area contributed by atoms with Crippen LogP contribution in [0.15, 0.2) is 79.3 Å².